The van der Waals surface area contributed by atoms with Gasteiger partial charge in [-0.2, -0.15) is 0 Å². The number of para-hydroxylation sites is 2. The highest BCUT2D eigenvalue weighted by Crippen LogP contribution is 2.41. The van der Waals surface area contributed by atoms with Crippen molar-refractivity contribution < 1.29 is 14.6 Å². The van der Waals surface area contributed by atoms with Gasteiger partial charge in [-0.25, -0.2) is 4.99 Å². The smallest absolute Gasteiger partial charge is 0.267 e. The molecule has 0 spiro atoms. The summed E-state index contributed by atoms with van der Waals surface area (Å²) in [6, 6.07) is 15.1. The Bertz CT molecular complexity index is 987. The van der Waals surface area contributed by atoms with Gasteiger partial charge in [0.05, 0.1) is 17.7 Å². The van der Waals surface area contributed by atoms with E-state index in [-0.39, 0.29) is 17.7 Å². The standard InChI is InChI=1S/C24H26N2O3S/c1-16-9-6-7-13-19(16)26-23(28)21(15-17-10-8-14-20(29-2)22(17)27)30-24(26)25-18-11-4-3-5-12-18/h3-5,8,10-12,14-16,19,27H,6-7,9,13H2,1-2H3/b21-15-,25-24?/t16-,19+/m0/s1. The normalized spacial score (nSPS) is 24.6. The number of aromatic hydroxyl groups is 1. The van der Waals surface area contributed by atoms with Gasteiger partial charge in [0.15, 0.2) is 16.7 Å². The van der Waals surface area contributed by atoms with Crippen molar-refractivity contribution >= 4 is 34.6 Å². The summed E-state index contributed by atoms with van der Waals surface area (Å²) in [6.07, 6.45) is 6.17. The van der Waals surface area contributed by atoms with E-state index in [0.717, 1.165) is 24.9 Å². The Morgan fingerprint density at radius 3 is 2.63 bits per heavy atom. The fourth-order valence-corrected chi connectivity index (χ4v) is 5.15. The van der Waals surface area contributed by atoms with Crippen molar-refractivity contribution in [2.24, 2.45) is 10.9 Å². The molecule has 1 N–H and O–H groups in total. The zero-order valence-electron chi connectivity index (χ0n) is 17.2. The molecule has 0 unspecified atom stereocenters. The average Bonchev–Trinajstić information content (AvgIpc) is 3.05. The Kier molecular flexibility index (Phi) is 6.13. The molecule has 2 aromatic carbocycles. The third kappa shape index (κ3) is 4.10. The van der Waals surface area contributed by atoms with E-state index in [1.54, 1.807) is 24.3 Å². The van der Waals surface area contributed by atoms with Crippen molar-refractivity contribution in [3.05, 3.63) is 59.0 Å². The quantitative estimate of drug-likeness (QED) is 0.653. The van der Waals surface area contributed by atoms with Gasteiger partial charge in [-0.1, -0.05) is 50.1 Å². The Balaban J connectivity index is 1.74. The van der Waals surface area contributed by atoms with Crippen LogP contribution >= 0.6 is 11.8 Å². The van der Waals surface area contributed by atoms with Crippen LogP contribution in [-0.2, 0) is 4.79 Å². The lowest BCUT2D eigenvalue weighted by Crippen LogP contribution is -2.44. The van der Waals surface area contributed by atoms with E-state index in [4.69, 9.17) is 9.73 Å². The van der Waals surface area contributed by atoms with Gasteiger partial charge in [0, 0.05) is 11.6 Å². The van der Waals surface area contributed by atoms with Crippen LogP contribution in [0.1, 0.15) is 38.2 Å². The number of aliphatic imine (C=N–C) groups is 1. The highest BCUT2D eigenvalue weighted by atomic mass is 32.2. The minimum Gasteiger partial charge on any atom is -0.504 e. The maximum Gasteiger partial charge on any atom is 0.267 e. The number of phenolic OH excluding ortho intramolecular Hbond substituents is 1. The molecule has 0 aromatic heterocycles. The fraction of sp³-hybridized carbons (Fsp3) is 0.333. The molecule has 2 aliphatic rings. The molecule has 4 rings (SSSR count). The molecule has 0 radical (unpaired) electrons. The van der Waals surface area contributed by atoms with Crippen LogP contribution in [0.3, 0.4) is 0 Å². The second kappa shape index (κ2) is 8.96. The monoisotopic (exact) mass is 422 g/mol. The first kappa shape index (κ1) is 20.5. The second-order valence-corrected chi connectivity index (χ2v) is 8.75. The number of carbonyl (C=O) groups is 1. The number of thioether (sulfide) groups is 1. The molecule has 2 atom stereocenters. The Morgan fingerprint density at radius 2 is 1.90 bits per heavy atom. The molecule has 1 amide bonds. The van der Waals surface area contributed by atoms with E-state index in [0.29, 0.717) is 27.3 Å². The van der Waals surface area contributed by atoms with Crippen LogP contribution in [0.25, 0.3) is 6.08 Å². The molecule has 1 aliphatic carbocycles. The summed E-state index contributed by atoms with van der Waals surface area (Å²) in [7, 11) is 1.51. The van der Waals surface area contributed by atoms with E-state index >= 15 is 0 Å². The zero-order chi connectivity index (χ0) is 21.1. The number of amides is 1. The second-order valence-electron chi connectivity index (χ2n) is 7.74. The third-order valence-corrected chi connectivity index (χ3v) is 6.74. The van der Waals surface area contributed by atoms with Gasteiger partial charge < -0.3 is 9.84 Å². The molecule has 1 saturated heterocycles. The van der Waals surface area contributed by atoms with Crippen molar-refractivity contribution in [2.45, 2.75) is 38.6 Å². The molecule has 1 saturated carbocycles. The molecular formula is C24H26N2O3S. The van der Waals surface area contributed by atoms with Crippen LogP contribution in [-0.4, -0.2) is 34.2 Å². The van der Waals surface area contributed by atoms with Gasteiger partial charge in [0.2, 0.25) is 0 Å². The first-order valence-electron chi connectivity index (χ1n) is 10.3. The molecule has 30 heavy (non-hydrogen) atoms. The largest absolute Gasteiger partial charge is 0.504 e. The summed E-state index contributed by atoms with van der Waals surface area (Å²) in [4.78, 5) is 20.7. The number of ether oxygens (including phenoxy) is 1. The molecule has 5 nitrogen and oxygen atoms in total. The van der Waals surface area contributed by atoms with Crippen LogP contribution in [0.2, 0.25) is 0 Å². The molecule has 1 aliphatic heterocycles. The van der Waals surface area contributed by atoms with E-state index in [2.05, 4.69) is 6.92 Å². The summed E-state index contributed by atoms with van der Waals surface area (Å²) in [6.45, 7) is 2.22. The average molecular weight is 423 g/mol. The summed E-state index contributed by atoms with van der Waals surface area (Å²) < 4.78 is 5.20. The third-order valence-electron chi connectivity index (χ3n) is 5.75. The number of amidine groups is 1. The number of rotatable bonds is 4. The lowest BCUT2D eigenvalue weighted by molar-refractivity contribution is -0.124. The van der Waals surface area contributed by atoms with E-state index in [1.807, 2.05) is 35.2 Å². The summed E-state index contributed by atoms with van der Waals surface area (Å²) in [5, 5.41) is 11.2. The number of phenols is 1. The fourth-order valence-electron chi connectivity index (χ4n) is 4.11. The minimum absolute atomic E-state index is 0.0342. The number of carbonyl (C=O) groups excluding carboxylic acids is 1. The summed E-state index contributed by atoms with van der Waals surface area (Å²) >= 11 is 1.37. The molecule has 0 bridgehead atoms. The molecule has 1 heterocycles. The van der Waals surface area contributed by atoms with Crippen molar-refractivity contribution in [1.29, 1.82) is 0 Å². The number of benzene rings is 2. The Hall–Kier alpha value is -2.73. The predicted molar refractivity (Wildman–Crippen MR) is 122 cm³/mol. The van der Waals surface area contributed by atoms with Crippen molar-refractivity contribution in [2.75, 3.05) is 7.11 Å². The van der Waals surface area contributed by atoms with E-state index in [9.17, 15) is 9.90 Å². The van der Waals surface area contributed by atoms with E-state index < -0.39 is 0 Å². The summed E-state index contributed by atoms with van der Waals surface area (Å²) in [5.74, 6) is 0.798. The number of hydrogen-bond acceptors (Lipinski definition) is 5. The first-order valence-corrected chi connectivity index (χ1v) is 11.1. The predicted octanol–water partition coefficient (Wildman–Crippen LogP) is 5.58. The lowest BCUT2D eigenvalue weighted by Gasteiger charge is -2.35. The van der Waals surface area contributed by atoms with Gasteiger partial charge in [-0.15, -0.1) is 0 Å². The van der Waals surface area contributed by atoms with E-state index in [1.165, 1.54) is 25.3 Å². The van der Waals surface area contributed by atoms with Crippen molar-refractivity contribution in [1.82, 2.24) is 4.90 Å². The molecule has 2 fully saturated rings. The highest BCUT2D eigenvalue weighted by molar-refractivity contribution is 8.18. The molecule has 6 heteroatoms. The van der Waals surface area contributed by atoms with Gasteiger partial charge in [-0.05, 0) is 54.8 Å². The Labute approximate surface area is 181 Å². The summed E-state index contributed by atoms with van der Waals surface area (Å²) in [5.41, 5.74) is 1.38. The van der Waals surface area contributed by atoms with Crippen molar-refractivity contribution in [3.8, 4) is 11.5 Å². The van der Waals surface area contributed by atoms with Crippen LogP contribution in [0, 0.1) is 5.92 Å². The minimum atomic E-state index is -0.0457. The maximum atomic E-state index is 13.5. The number of nitrogens with zero attached hydrogens (tertiary/aromatic N) is 2. The lowest BCUT2D eigenvalue weighted by atomic mass is 9.85. The number of methoxy groups -OCH3 is 1. The maximum absolute atomic E-state index is 13.5. The van der Waals surface area contributed by atoms with Gasteiger partial charge in [0.25, 0.3) is 5.91 Å². The van der Waals surface area contributed by atoms with Gasteiger partial charge in [-0.3, -0.25) is 9.69 Å². The zero-order valence-corrected chi connectivity index (χ0v) is 18.1. The van der Waals surface area contributed by atoms with Crippen LogP contribution in [0.15, 0.2) is 58.4 Å². The topological polar surface area (TPSA) is 62.1 Å². The molecular weight excluding hydrogens is 396 g/mol. The van der Waals surface area contributed by atoms with Crippen LogP contribution < -0.4 is 4.74 Å². The van der Waals surface area contributed by atoms with Gasteiger partial charge in [0.1, 0.15) is 0 Å². The molecule has 2 aromatic rings. The number of hydrogen-bond donors (Lipinski definition) is 1. The van der Waals surface area contributed by atoms with Crippen LogP contribution in [0.4, 0.5) is 5.69 Å². The first-order chi connectivity index (χ1) is 14.6. The SMILES string of the molecule is COc1cccc(/C=C2\SC(=Nc3ccccc3)N([C@@H]3CCCC[C@@H]3C)C2=O)c1O. The highest BCUT2D eigenvalue weighted by Gasteiger charge is 2.41. The Morgan fingerprint density at radius 1 is 1.13 bits per heavy atom. The van der Waals surface area contributed by atoms with Gasteiger partial charge >= 0.3 is 0 Å². The molecule has 156 valence electrons. The van der Waals surface area contributed by atoms with Crippen LogP contribution in [0.5, 0.6) is 11.5 Å². The van der Waals surface area contributed by atoms with Crippen molar-refractivity contribution in [3.63, 3.8) is 0 Å².